The second-order valence-electron chi connectivity index (χ2n) is 4.18. The molecule has 1 aliphatic rings. The molecule has 114 valence electrons. The highest BCUT2D eigenvalue weighted by Gasteiger charge is 2.76. The van der Waals surface area contributed by atoms with E-state index in [0.29, 0.717) is 6.61 Å². The number of hydrogen-bond acceptors (Lipinski definition) is 2. The largest absolute Gasteiger partial charge is 0.466 e. The van der Waals surface area contributed by atoms with Gasteiger partial charge < -0.3 is 4.74 Å². The Hall–Kier alpha value is -0.950. The topological polar surface area (TPSA) is 26.3 Å². The molecule has 0 atom stereocenters. The molecule has 0 bridgehead atoms. The second kappa shape index (κ2) is 6.47. The lowest BCUT2D eigenvalue weighted by Crippen LogP contribution is -2.46. The first-order chi connectivity index (χ1) is 8.48. The molecule has 0 spiro atoms. The zero-order chi connectivity index (χ0) is 15.3. The molecule has 0 radical (unpaired) electrons. The van der Waals surface area contributed by atoms with E-state index < -0.39 is 30.6 Å². The van der Waals surface area contributed by atoms with Gasteiger partial charge in [-0.3, -0.25) is 4.79 Å². The van der Waals surface area contributed by atoms with Crippen molar-refractivity contribution in [3.05, 3.63) is 0 Å². The lowest BCUT2D eigenvalue weighted by molar-refractivity contribution is -0.270. The zero-order valence-electron chi connectivity index (χ0n) is 10.6. The highest BCUT2D eigenvalue weighted by atomic mass is 19.3. The van der Waals surface area contributed by atoms with Crippen molar-refractivity contribution in [3.63, 3.8) is 0 Å². The maximum atomic E-state index is 12.0. The van der Waals surface area contributed by atoms with E-state index >= 15 is 0 Å². The van der Waals surface area contributed by atoms with Crippen molar-refractivity contribution in [2.45, 2.75) is 57.3 Å². The van der Waals surface area contributed by atoms with Crippen LogP contribution < -0.4 is 0 Å². The van der Waals surface area contributed by atoms with E-state index in [-0.39, 0.29) is 5.97 Å². The number of rotatable bonds is 3. The van der Waals surface area contributed by atoms with Crippen molar-refractivity contribution in [1.29, 1.82) is 0 Å². The number of unbranched alkanes of at least 4 members (excludes halogenated alkanes) is 1. The first kappa shape index (κ1) is 18.0. The van der Waals surface area contributed by atoms with E-state index in [9.17, 15) is 31.1 Å². The van der Waals surface area contributed by atoms with E-state index in [2.05, 4.69) is 11.7 Å². The van der Waals surface area contributed by atoms with Crippen LogP contribution in [0.3, 0.4) is 0 Å². The third kappa shape index (κ3) is 4.58. The van der Waals surface area contributed by atoms with Crippen LogP contribution in [0.2, 0.25) is 0 Å². The molecule has 0 aliphatic heterocycles. The molecule has 0 aromatic heterocycles. The predicted molar refractivity (Wildman–Crippen MR) is 55.6 cm³/mol. The standard InChI is InChI=1S/C6H12O2.C5H4F6/c1-3-4-5-8-6(2)7;6-3(7)1-2-4(8,9)5(3,10)11/h3-5H2,1-2H3;1-2H2. The van der Waals surface area contributed by atoms with Gasteiger partial charge in [0.2, 0.25) is 0 Å². The summed E-state index contributed by atoms with van der Waals surface area (Å²) in [6.45, 7) is 4.06. The summed E-state index contributed by atoms with van der Waals surface area (Å²) in [5.74, 6) is -14.5. The minimum atomic E-state index is -5.18. The molecule has 0 unspecified atom stereocenters. The van der Waals surface area contributed by atoms with E-state index in [4.69, 9.17) is 0 Å². The summed E-state index contributed by atoms with van der Waals surface area (Å²) in [5.41, 5.74) is 0. The minimum absolute atomic E-state index is 0.182. The highest BCUT2D eigenvalue weighted by molar-refractivity contribution is 5.65. The second-order valence-corrected chi connectivity index (χ2v) is 4.18. The summed E-state index contributed by atoms with van der Waals surface area (Å²) in [4.78, 5) is 10.1. The van der Waals surface area contributed by atoms with Crippen LogP contribution in [0.25, 0.3) is 0 Å². The molecule has 0 aromatic rings. The molecule has 0 amide bonds. The monoisotopic (exact) mass is 294 g/mol. The van der Waals surface area contributed by atoms with E-state index in [1.165, 1.54) is 6.92 Å². The van der Waals surface area contributed by atoms with E-state index in [0.717, 1.165) is 12.8 Å². The fourth-order valence-corrected chi connectivity index (χ4v) is 1.26. The molecule has 0 heterocycles. The molecule has 19 heavy (non-hydrogen) atoms. The summed E-state index contributed by atoms with van der Waals surface area (Å²) < 4.78 is 76.6. The van der Waals surface area contributed by atoms with Crippen LogP contribution >= 0.6 is 0 Å². The number of alkyl halides is 6. The fraction of sp³-hybridized carbons (Fsp3) is 0.909. The van der Waals surface area contributed by atoms with Gasteiger partial charge in [0.25, 0.3) is 0 Å². The van der Waals surface area contributed by atoms with Crippen LogP contribution in [0.4, 0.5) is 26.3 Å². The summed E-state index contributed by atoms with van der Waals surface area (Å²) in [6.07, 6.45) is -0.854. The SMILES string of the molecule is CCCCOC(C)=O.FC1(F)CCC(F)(F)C1(F)F. The Morgan fingerprint density at radius 1 is 1.05 bits per heavy atom. The Bertz CT molecular complexity index is 286. The average Bonchev–Trinajstić information content (AvgIpc) is 2.40. The van der Waals surface area contributed by atoms with Crippen molar-refractivity contribution in [2.24, 2.45) is 0 Å². The lowest BCUT2D eigenvalue weighted by Gasteiger charge is -2.22. The van der Waals surface area contributed by atoms with Gasteiger partial charge in [-0.1, -0.05) is 13.3 Å². The van der Waals surface area contributed by atoms with Gasteiger partial charge >= 0.3 is 23.7 Å². The van der Waals surface area contributed by atoms with Crippen molar-refractivity contribution >= 4 is 5.97 Å². The summed E-state index contributed by atoms with van der Waals surface area (Å²) >= 11 is 0. The van der Waals surface area contributed by atoms with Crippen LogP contribution in [-0.4, -0.2) is 30.3 Å². The molecule has 1 saturated carbocycles. The van der Waals surface area contributed by atoms with Gasteiger partial charge in [0.1, 0.15) is 0 Å². The highest BCUT2D eigenvalue weighted by Crippen LogP contribution is 2.56. The van der Waals surface area contributed by atoms with Crippen molar-refractivity contribution in [1.82, 2.24) is 0 Å². The van der Waals surface area contributed by atoms with Gasteiger partial charge in [-0.2, -0.15) is 26.3 Å². The van der Waals surface area contributed by atoms with Crippen LogP contribution in [-0.2, 0) is 9.53 Å². The van der Waals surface area contributed by atoms with Crippen molar-refractivity contribution in [2.75, 3.05) is 6.61 Å². The smallest absolute Gasteiger partial charge is 0.371 e. The lowest BCUT2D eigenvalue weighted by atomic mass is 10.2. The van der Waals surface area contributed by atoms with E-state index in [1.54, 1.807) is 0 Å². The van der Waals surface area contributed by atoms with Crippen LogP contribution in [0.5, 0.6) is 0 Å². The number of carbonyl (C=O) groups excluding carboxylic acids is 1. The maximum absolute atomic E-state index is 12.0. The molecule has 1 fully saturated rings. The number of hydrogen-bond donors (Lipinski definition) is 0. The molecule has 0 aromatic carbocycles. The zero-order valence-corrected chi connectivity index (χ0v) is 10.6. The summed E-state index contributed by atoms with van der Waals surface area (Å²) in [7, 11) is 0. The molecule has 1 aliphatic carbocycles. The Morgan fingerprint density at radius 3 is 1.68 bits per heavy atom. The Kier molecular flexibility index (Phi) is 6.15. The van der Waals surface area contributed by atoms with Gasteiger partial charge in [0.05, 0.1) is 6.61 Å². The molecule has 2 nitrogen and oxygen atoms in total. The van der Waals surface area contributed by atoms with Crippen LogP contribution in [0, 0.1) is 0 Å². The summed E-state index contributed by atoms with van der Waals surface area (Å²) in [5, 5.41) is 0. The predicted octanol–water partition coefficient (Wildman–Crippen LogP) is 4.04. The normalized spacial score (nSPS) is 22.3. The van der Waals surface area contributed by atoms with Gasteiger partial charge in [-0.15, -0.1) is 0 Å². The Morgan fingerprint density at radius 2 is 1.47 bits per heavy atom. The Labute approximate surface area is 107 Å². The van der Waals surface area contributed by atoms with Crippen LogP contribution in [0.15, 0.2) is 0 Å². The van der Waals surface area contributed by atoms with Gasteiger partial charge in [0.15, 0.2) is 0 Å². The molecule has 1 rings (SSSR count). The third-order valence-corrected chi connectivity index (χ3v) is 2.47. The van der Waals surface area contributed by atoms with Crippen molar-refractivity contribution in [3.8, 4) is 0 Å². The number of carbonyl (C=O) groups is 1. The molecule has 0 saturated heterocycles. The van der Waals surface area contributed by atoms with Crippen molar-refractivity contribution < 1.29 is 35.9 Å². The maximum Gasteiger partial charge on any atom is 0.371 e. The summed E-state index contributed by atoms with van der Waals surface area (Å²) in [6, 6.07) is 0. The number of ether oxygens (including phenoxy) is 1. The minimum Gasteiger partial charge on any atom is -0.466 e. The first-order valence-electron chi connectivity index (χ1n) is 5.75. The average molecular weight is 294 g/mol. The third-order valence-electron chi connectivity index (χ3n) is 2.47. The first-order valence-corrected chi connectivity index (χ1v) is 5.75. The van der Waals surface area contributed by atoms with Gasteiger partial charge in [-0.05, 0) is 6.42 Å². The number of halogens is 6. The molecule has 8 heteroatoms. The number of esters is 1. The fourth-order valence-electron chi connectivity index (χ4n) is 1.26. The quantitative estimate of drug-likeness (QED) is 0.446. The molecule has 0 N–H and O–H groups in total. The Balaban J connectivity index is 0.000000362. The van der Waals surface area contributed by atoms with E-state index in [1.807, 2.05) is 0 Å². The van der Waals surface area contributed by atoms with Gasteiger partial charge in [-0.25, -0.2) is 0 Å². The van der Waals surface area contributed by atoms with Gasteiger partial charge in [0, 0.05) is 19.8 Å². The molecular weight excluding hydrogens is 278 g/mol. The molecular formula is C11H16F6O2. The van der Waals surface area contributed by atoms with Crippen LogP contribution in [0.1, 0.15) is 39.5 Å².